The third-order valence-corrected chi connectivity index (χ3v) is 6.02. The first-order valence-corrected chi connectivity index (χ1v) is 8.39. The predicted molar refractivity (Wildman–Crippen MR) is 81.7 cm³/mol. The lowest BCUT2D eigenvalue weighted by Crippen LogP contribution is -2.29. The smallest absolute Gasteiger partial charge is 0.250 e. The summed E-state index contributed by atoms with van der Waals surface area (Å²) in [6.45, 7) is 4.20. The third kappa shape index (κ3) is 4.57. The molecule has 2 N–H and O–H groups in total. The lowest BCUT2D eigenvalue weighted by Gasteiger charge is -2.14. The van der Waals surface area contributed by atoms with Crippen molar-refractivity contribution in [2.45, 2.75) is 24.0 Å². The van der Waals surface area contributed by atoms with E-state index in [9.17, 15) is 8.42 Å². The summed E-state index contributed by atoms with van der Waals surface area (Å²) < 4.78 is 27.2. The average Bonchev–Trinajstić information content (AvgIpc) is 2.87. The number of nitrogens with one attached hydrogen (secondary N) is 2. The van der Waals surface area contributed by atoms with Crippen LogP contribution < -0.4 is 10.0 Å². The second-order valence-electron chi connectivity index (χ2n) is 4.22. The van der Waals surface area contributed by atoms with E-state index in [1.54, 1.807) is 6.07 Å². The summed E-state index contributed by atoms with van der Waals surface area (Å²) in [7, 11) is -3.34. The van der Waals surface area contributed by atoms with Gasteiger partial charge in [0.2, 0.25) is 10.0 Å². The van der Waals surface area contributed by atoms with Crippen molar-refractivity contribution < 1.29 is 8.42 Å². The summed E-state index contributed by atoms with van der Waals surface area (Å²) in [4.78, 5) is 1.09. The van der Waals surface area contributed by atoms with Gasteiger partial charge in [0.15, 0.2) is 0 Å². The molecule has 0 aromatic carbocycles. The maximum Gasteiger partial charge on any atom is 0.250 e. The van der Waals surface area contributed by atoms with E-state index in [0.717, 1.165) is 36.4 Å². The SMILES string of the molecule is CCc1ccc(S(=O)(=O)NCC2=CCNCC2)s1.Cl. The molecule has 19 heavy (non-hydrogen) atoms. The second kappa shape index (κ2) is 7.40. The highest BCUT2D eigenvalue weighted by Crippen LogP contribution is 2.21. The minimum Gasteiger partial charge on any atom is -0.313 e. The molecule has 2 heterocycles. The molecule has 0 spiro atoms. The Hall–Kier alpha value is -0.400. The molecular formula is C12H19ClN2O2S2. The van der Waals surface area contributed by atoms with Crippen LogP contribution in [0.2, 0.25) is 0 Å². The Morgan fingerprint density at radius 1 is 1.42 bits per heavy atom. The lowest BCUT2D eigenvalue weighted by molar-refractivity contribution is 0.584. The molecule has 0 saturated carbocycles. The first-order chi connectivity index (χ1) is 8.62. The van der Waals surface area contributed by atoms with Crippen LogP contribution in [0.5, 0.6) is 0 Å². The molecule has 7 heteroatoms. The highest BCUT2D eigenvalue weighted by atomic mass is 35.5. The molecule has 4 nitrogen and oxygen atoms in total. The molecule has 0 bridgehead atoms. The van der Waals surface area contributed by atoms with Crippen molar-refractivity contribution >= 4 is 33.8 Å². The van der Waals surface area contributed by atoms with Crippen LogP contribution in [-0.4, -0.2) is 28.1 Å². The van der Waals surface area contributed by atoms with E-state index in [-0.39, 0.29) is 12.4 Å². The van der Waals surface area contributed by atoms with E-state index in [0.29, 0.717) is 10.8 Å². The Balaban J connectivity index is 0.00000180. The Bertz CT molecular complexity index is 538. The number of thiophene rings is 1. The number of sulfonamides is 1. The van der Waals surface area contributed by atoms with Crippen molar-refractivity contribution in [2.24, 2.45) is 0 Å². The van der Waals surface area contributed by atoms with Gasteiger partial charge in [-0.2, -0.15) is 0 Å². The van der Waals surface area contributed by atoms with E-state index < -0.39 is 10.0 Å². The summed E-state index contributed by atoms with van der Waals surface area (Å²) in [6, 6.07) is 3.56. The maximum atomic E-state index is 12.1. The first kappa shape index (κ1) is 16.7. The van der Waals surface area contributed by atoms with Crippen molar-refractivity contribution in [1.82, 2.24) is 10.0 Å². The normalized spacial score (nSPS) is 15.7. The summed E-state index contributed by atoms with van der Waals surface area (Å²) in [6.07, 6.45) is 3.84. The molecule has 1 aliphatic heterocycles. The predicted octanol–water partition coefficient (Wildman–Crippen LogP) is 1.93. The Labute approximate surface area is 124 Å². The number of aryl methyl sites for hydroxylation is 1. The van der Waals surface area contributed by atoms with Gasteiger partial charge in [0.25, 0.3) is 0 Å². The Kier molecular flexibility index (Phi) is 6.49. The molecule has 1 aromatic heterocycles. The quantitative estimate of drug-likeness (QED) is 0.814. The van der Waals surface area contributed by atoms with Crippen LogP contribution in [0, 0.1) is 0 Å². The minimum absolute atomic E-state index is 0. The fourth-order valence-corrected chi connectivity index (χ4v) is 4.16. The van der Waals surface area contributed by atoms with Crippen LogP contribution in [0.1, 0.15) is 18.2 Å². The summed E-state index contributed by atoms with van der Waals surface area (Å²) in [5.74, 6) is 0. The standard InChI is InChI=1S/C12H18N2O2S2.ClH/c1-2-11-3-4-12(17-11)18(15,16)14-9-10-5-7-13-8-6-10;/h3-5,13-14H,2,6-9H2,1H3;1H. The summed E-state index contributed by atoms with van der Waals surface area (Å²) >= 11 is 1.34. The summed E-state index contributed by atoms with van der Waals surface area (Å²) in [5, 5.41) is 3.20. The molecule has 0 saturated heterocycles. The lowest BCUT2D eigenvalue weighted by atomic mass is 10.1. The van der Waals surface area contributed by atoms with Gasteiger partial charge in [0.1, 0.15) is 4.21 Å². The van der Waals surface area contributed by atoms with Crippen LogP contribution in [0.4, 0.5) is 0 Å². The van der Waals surface area contributed by atoms with Crippen molar-refractivity contribution in [1.29, 1.82) is 0 Å². The van der Waals surface area contributed by atoms with E-state index >= 15 is 0 Å². The zero-order valence-corrected chi connectivity index (χ0v) is 13.3. The molecule has 0 aliphatic carbocycles. The molecule has 108 valence electrons. The van der Waals surface area contributed by atoms with Crippen molar-refractivity contribution in [2.75, 3.05) is 19.6 Å². The number of hydrogen-bond acceptors (Lipinski definition) is 4. The van der Waals surface area contributed by atoms with Crippen molar-refractivity contribution in [3.8, 4) is 0 Å². The van der Waals surface area contributed by atoms with Gasteiger partial charge in [0.05, 0.1) is 0 Å². The highest BCUT2D eigenvalue weighted by Gasteiger charge is 2.16. The van der Waals surface area contributed by atoms with Crippen molar-refractivity contribution in [3.05, 3.63) is 28.7 Å². The first-order valence-electron chi connectivity index (χ1n) is 6.09. The fourth-order valence-electron chi connectivity index (χ4n) is 1.78. The van der Waals surface area contributed by atoms with Crippen LogP contribution in [-0.2, 0) is 16.4 Å². The van der Waals surface area contributed by atoms with E-state index in [2.05, 4.69) is 16.1 Å². The third-order valence-electron chi connectivity index (χ3n) is 2.90. The molecule has 0 amide bonds. The highest BCUT2D eigenvalue weighted by molar-refractivity contribution is 7.91. The van der Waals surface area contributed by atoms with Crippen LogP contribution in [0.3, 0.4) is 0 Å². The van der Waals surface area contributed by atoms with Crippen LogP contribution >= 0.6 is 23.7 Å². The number of rotatable bonds is 5. The molecule has 0 radical (unpaired) electrons. The van der Waals surface area contributed by atoms with Gasteiger partial charge < -0.3 is 5.32 Å². The molecule has 2 rings (SSSR count). The average molecular weight is 323 g/mol. The van der Waals surface area contributed by atoms with Crippen molar-refractivity contribution in [3.63, 3.8) is 0 Å². The molecular weight excluding hydrogens is 304 g/mol. The van der Waals surface area contributed by atoms with Gasteiger partial charge in [0, 0.05) is 18.0 Å². The maximum absolute atomic E-state index is 12.1. The van der Waals surface area contributed by atoms with Gasteiger partial charge in [-0.25, -0.2) is 13.1 Å². The van der Waals surface area contributed by atoms with E-state index in [1.165, 1.54) is 11.3 Å². The number of halogens is 1. The van der Waals surface area contributed by atoms with Gasteiger partial charge >= 0.3 is 0 Å². The van der Waals surface area contributed by atoms with E-state index in [4.69, 9.17) is 0 Å². The van der Waals surface area contributed by atoms with Gasteiger partial charge in [-0.05, 0) is 31.5 Å². The second-order valence-corrected chi connectivity index (χ2v) is 7.38. The zero-order valence-electron chi connectivity index (χ0n) is 10.8. The number of hydrogen-bond donors (Lipinski definition) is 2. The monoisotopic (exact) mass is 322 g/mol. The van der Waals surface area contributed by atoms with E-state index in [1.807, 2.05) is 13.0 Å². The Morgan fingerprint density at radius 2 is 2.21 bits per heavy atom. The molecule has 0 atom stereocenters. The van der Waals surface area contributed by atoms with Gasteiger partial charge in [-0.3, -0.25) is 0 Å². The molecule has 1 aliphatic rings. The Morgan fingerprint density at radius 3 is 2.79 bits per heavy atom. The topological polar surface area (TPSA) is 58.2 Å². The zero-order chi connectivity index (χ0) is 13.0. The molecule has 0 unspecified atom stereocenters. The van der Waals surface area contributed by atoms with Crippen LogP contribution in [0.15, 0.2) is 28.0 Å². The fraction of sp³-hybridized carbons (Fsp3) is 0.500. The summed E-state index contributed by atoms with van der Waals surface area (Å²) in [5.41, 5.74) is 1.16. The molecule has 1 aromatic rings. The van der Waals surface area contributed by atoms with Gasteiger partial charge in [-0.15, -0.1) is 23.7 Å². The van der Waals surface area contributed by atoms with Gasteiger partial charge in [-0.1, -0.05) is 18.6 Å². The largest absolute Gasteiger partial charge is 0.313 e. The van der Waals surface area contributed by atoms with Crippen LogP contribution in [0.25, 0.3) is 0 Å². The molecule has 0 fully saturated rings. The minimum atomic E-state index is -3.34.